The Labute approximate surface area is 183 Å². The third kappa shape index (κ3) is 6.03. The predicted octanol–water partition coefficient (Wildman–Crippen LogP) is 4.29. The number of ether oxygens (including phenoxy) is 1. The number of hydrogen-bond acceptors (Lipinski definition) is 7. The molecule has 3 heterocycles. The van der Waals surface area contributed by atoms with Gasteiger partial charge in [0.25, 0.3) is 0 Å². The highest BCUT2D eigenvalue weighted by Crippen LogP contribution is 2.30. The van der Waals surface area contributed by atoms with E-state index < -0.39 is 0 Å². The number of nitrogens with one attached hydrogen (secondary N) is 2. The fourth-order valence-corrected chi connectivity index (χ4v) is 3.38. The van der Waals surface area contributed by atoms with Crippen LogP contribution in [0, 0.1) is 18.3 Å². The fraction of sp³-hybridized carbons (Fsp3) is 0.391. The number of aromatic nitrogens is 4. The highest BCUT2D eigenvalue weighted by atomic mass is 16.5. The summed E-state index contributed by atoms with van der Waals surface area (Å²) in [5.41, 5.74) is 3.13. The first kappa shape index (κ1) is 22.2. The quantitative estimate of drug-likeness (QED) is 0.636. The van der Waals surface area contributed by atoms with Crippen LogP contribution in [-0.2, 0) is 0 Å². The number of H-pyrrole nitrogens is 1. The van der Waals surface area contributed by atoms with Gasteiger partial charge in [0.2, 0.25) is 0 Å². The number of likely N-dealkylation sites (tertiary alicyclic amines) is 1. The molecule has 0 spiro atoms. The maximum atomic E-state index is 8.71. The van der Waals surface area contributed by atoms with Crippen LogP contribution in [-0.4, -0.2) is 51.3 Å². The van der Waals surface area contributed by atoms with E-state index in [1.54, 1.807) is 7.11 Å². The van der Waals surface area contributed by atoms with E-state index in [0.717, 1.165) is 28.6 Å². The Hall–Kier alpha value is -3.44. The van der Waals surface area contributed by atoms with Crippen molar-refractivity contribution >= 4 is 11.6 Å². The van der Waals surface area contributed by atoms with Crippen LogP contribution in [0.1, 0.15) is 37.9 Å². The normalized spacial score (nSPS) is 13.4. The van der Waals surface area contributed by atoms with Gasteiger partial charge in [-0.05, 0) is 64.4 Å². The van der Waals surface area contributed by atoms with Crippen LogP contribution in [0.4, 0.5) is 11.6 Å². The molecule has 0 atom stereocenters. The molecule has 1 aliphatic rings. The van der Waals surface area contributed by atoms with E-state index in [9.17, 15) is 0 Å². The molecule has 0 amide bonds. The number of aromatic amines is 1. The summed E-state index contributed by atoms with van der Waals surface area (Å²) in [7, 11) is 1.64. The fourth-order valence-electron chi connectivity index (χ4n) is 3.38. The van der Waals surface area contributed by atoms with E-state index >= 15 is 0 Å². The molecule has 31 heavy (non-hydrogen) atoms. The van der Waals surface area contributed by atoms with Crippen molar-refractivity contribution in [1.29, 1.82) is 5.26 Å². The Morgan fingerprint density at radius 2 is 1.90 bits per heavy atom. The molecular formula is C23H29N7O. The lowest BCUT2D eigenvalue weighted by molar-refractivity contribution is 0.276. The standard InChI is InChI=1S/C16H14N6O.C7H15N/c1-10-3-4-12(14(5-10)23-2)13-6-15(22-21-13)20-16-9-18-11(7-17)8-19-16;1-7(2)8-5-3-4-6-8/h3-6,8-9H,1-2H3,(H2,19,20,21,22);7H,3-6H2,1-2H3. The van der Waals surface area contributed by atoms with Crippen molar-refractivity contribution in [2.75, 3.05) is 25.5 Å². The van der Waals surface area contributed by atoms with Crippen molar-refractivity contribution in [1.82, 2.24) is 25.1 Å². The second-order valence-electron chi connectivity index (χ2n) is 7.73. The van der Waals surface area contributed by atoms with Gasteiger partial charge < -0.3 is 15.0 Å². The Morgan fingerprint density at radius 1 is 1.13 bits per heavy atom. The molecule has 0 radical (unpaired) electrons. The molecule has 0 unspecified atom stereocenters. The summed E-state index contributed by atoms with van der Waals surface area (Å²) in [5, 5.41) is 18.9. The maximum Gasteiger partial charge on any atom is 0.158 e. The highest BCUT2D eigenvalue weighted by Gasteiger charge is 2.13. The number of nitriles is 1. The molecule has 4 rings (SSSR count). The Balaban J connectivity index is 0.000000287. The molecule has 0 bridgehead atoms. The van der Waals surface area contributed by atoms with Crippen molar-refractivity contribution < 1.29 is 4.74 Å². The number of nitrogens with zero attached hydrogens (tertiary/aromatic N) is 5. The van der Waals surface area contributed by atoms with E-state index in [-0.39, 0.29) is 5.69 Å². The summed E-state index contributed by atoms with van der Waals surface area (Å²) in [6, 6.07) is 10.5. The minimum atomic E-state index is 0.266. The van der Waals surface area contributed by atoms with E-state index in [2.05, 4.69) is 44.2 Å². The van der Waals surface area contributed by atoms with Crippen molar-refractivity contribution in [2.24, 2.45) is 0 Å². The first-order chi connectivity index (χ1) is 15.0. The Kier molecular flexibility index (Phi) is 7.57. The lowest BCUT2D eigenvalue weighted by Crippen LogP contribution is -2.26. The SMILES string of the molecule is CC(C)N1CCCC1.COc1cc(C)ccc1-c1cc(Nc2cnc(C#N)cn2)n[nH]1. The van der Waals surface area contributed by atoms with Gasteiger partial charge >= 0.3 is 0 Å². The van der Waals surface area contributed by atoms with Crippen molar-refractivity contribution in [2.45, 2.75) is 39.7 Å². The highest BCUT2D eigenvalue weighted by molar-refractivity contribution is 5.70. The molecule has 2 N–H and O–H groups in total. The lowest BCUT2D eigenvalue weighted by Gasteiger charge is -2.18. The van der Waals surface area contributed by atoms with Crippen LogP contribution < -0.4 is 10.1 Å². The van der Waals surface area contributed by atoms with Gasteiger partial charge in [-0.1, -0.05) is 6.07 Å². The molecule has 1 saturated heterocycles. The van der Waals surface area contributed by atoms with Crippen LogP contribution in [0.25, 0.3) is 11.3 Å². The van der Waals surface area contributed by atoms with Crippen molar-refractivity contribution in [3.05, 3.63) is 47.9 Å². The van der Waals surface area contributed by atoms with E-state index in [1.807, 2.05) is 37.3 Å². The number of hydrogen-bond donors (Lipinski definition) is 2. The molecular weight excluding hydrogens is 390 g/mol. The van der Waals surface area contributed by atoms with Gasteiger partial charge in [-0.3, -0.25) is 5.10 Å². The number of benzene rings is 1. The Morgan fingerprint density at radius 3 is 2.48 bits per heavy atom. The number of aryl methyl sites for hydroxylation is 1. The first-order valence-electron chi connectivity index (χ1n) is 10.4. The summed E-state index contributed by atoms with van der Waals surface area (Å²) < 4.78 is 5.41. The average molecular weight is 420 g/mol. The van der Waals surface area contributed by atoms with Gasteiger partial charge in [-0.25, -0.2) is 9.97 Å². The van der Waals surface area contributed by atoms with Crippen LogP contribution in [0.3, 0.4) is 0 Å². The maximum absolute atomic E-state index is 8.71. The Bertz CT molecular complexity index is 1020. The molecule has 8 nitrogen and oxygen atoms in total. The van der Waals surface area contributed by atoms with Crippen LogP contribution in [0.2, 0.25) is 0 Å². The second-order valence-corrected chi connectivity index (χ2v) is 7.73. The largest absolute Gasteiger partial charge is 0.496 e. The van der Waals surface area contributed by atoms with Crippen molar-refractivity contribution in [3.8, 4) is 23.1 Å². The molecule has 3 aromatic rings. The van der Waals surface area contributed by atoms with E-state index in [4.69, 9.17) is 10.00 Å². The van der Waals surface area contributed by atoms with Gasteiger partial charge in [-0.2, -0.15) is 10.4 Å². The molecule has 8 heteroatoms. The lowest BCUT2D eigenvalue weighted by atomic mass is 10.1. The van der Waals surface area contributed by atoms with Gasteiger partial charge in [0.05, 0.1) is 25.2 Å². The summed E-state index contributed by atoms with van der Waals surface area (Å²) >= 11 is 0. The minimum absolute atomic E-state index is 0.266. The minimum Gasteiger partial charge on any atom is -0.496 e. The summed E-state index contributed by atoms with van der Waals surface area (Å²) in [6.45, 7) is 9.21. The summed E-state index contributed by atoms with van der Waals surface area (Å²) in [4.78, 5) is 10.6. The monoisotopic (exact) mass is 419 g/mol. The average Bonchev–Trinajstić information content (AvgIpc) is 3.47. The van der Waals surface area contributed by atoms with E-state index in [0.29, 0.717) is 11.6 Å². The van der Waals surface area contributed by atoms with Gasteiger partial charge in [-0.15, -0.1) is 0 Å². The molecule has 1 aromatic carbocycles. The second kappa shape index (κ2) is 10.5. The van der Waals surface area contributed by atoms with Crippen LogP contribution in [0.5, 0.6) is 5.75 Å². The number of anilines is 2. The third-order valence-corrected chi connectivity index (χ3v) is 5.12. The molecule has 1 aliphatic heterocycles. The van der Waals surface area contributed by atoms with Crippen LogP contribution >= 0.6 is 0 Å². The summed E-state index contributed by atoms with van der Waals surface area (Å²) in [5.74, 6) is 1.89. The zero-order chi connectivity index (χ0) is 22.2. The first-order valence-corrected chi connectivity index (χ1v) is 10.4. The topological polar surface area (TPSA) is 103 Å². The molecule has 0 aliphatic carbocycles. The van der Waals surface area contributed by atoms with Gasteiger partial charge in [0, 0.05) is 17.7 Å². The molecule has 162 valence electrons. The smallest absolute Gasteiger partial charge is 0.158 e. The zero-order valence-corrected chi connectivity index (χ0v) is 18.5. The predicted molar refractivity (Wildman–Crippen MR) is 121 cm³/mol. The molecule has 1 fully saturated rings. The summed E-state index contributed by atoms with van der Waals surface area (Å²) in [6.07, 6.45) is 5.72. The van der Waals surface area contributed by atoms with E-state index in [1.165, 1.54) is 38.3 Å². The van der Waals surface area contributed by atoms with Crippen molar-refractivity contribution in [3.63, 3.8) is 0 Å². The molecule has 0 saturated carbocycles. The van der Waals surface area contributed by atoms with Gasteiger partial charge in [0.1, 0.15) is 17.6 Å². The number of methoxy groups -OCH3 is 1. The third-order valence-electron chi connectivity index (χ3n) is 5.12. The molecule has 2 aromatic heterocycles. The zero-order valence-electron chi connectivity index (χ0n) is 18.5. The number of rotatable bonds is 5. The van der Waals surface area contributed by atoms with Gasteiger partial charge in [0.15, 0.2) is 11.5 Å². The van der Waals surface area contributed by atoms with Crippen LogP contribution in [0.15, 0.2) is 36.7 Å².